The molecule has 0 spiro atoms. The number of carbonyl (C=O) groups excluding carboxylic acids is 1. The first-order chi connectivity index (χ1) is 28.0. The van der Waals surface area contributed by atoms with Crippen LogP contribution in [0.1, 0.15) is 200 Å². The van der Waals surface area contributed by atoms with Crippen LogP contribution in [-0.4, -0.2) is 95.4 Å². The average Bonchev–Trinajstić information content (AvgIpc) is 3.19. The Morgan fingerprint density at radius 2 is 1.10 bits per heavy atom. The molecule has 0 aromatic rings. The second kappa shape index (κ2) is 36.3. The molecule has 0 radical (unpaired) electrons. The molecule has 6 N–H and O–H groups in total. The fraction of sp³-hybridized carbons (Fsp3) is 0.889. The van der Waals surface area contributed by atoms with Gasteiger partial charge in [-0.05, 0) is 44.9 Å². The van der Waals surface area contributed by atoms with E-state index in [1.807, 2.05) is 6.08 Å². The highest BCUT2D eigenvalue weighted by atomic mass is 32.3. The van der Waals surface area contributed by atoms with Gasteiger partial charge in [0.1, 0.15) is 24.4 Å². The highest BCUT2D eigenvalue weighted by Gasteiger charge is 2.48. The number of hydrogen-bond donors (Lipinski definition) is 6. The summed E-state index contributed by atoms with van der Waals surface area (Å²) >= 11 is 0. The molecule has 13 heteroatoms. The van der Waals surface area contributed by atoms with Crippen LogP contribution in [-0.2, 0) is 28.9 Å². The van der Waals surface area contributed by atoms with E-state index in [4.69, 9.17) is 14.0 Å². The quantitative estimate of drug-likeness (QED) is 0.0197. The van der Waals surface area contributed by atoms with Crippen molar-refractivity contribution < 1.29 is 51.8 Å². The number of aliphatic hydroxyl groups is 4. The van der Waals surface area contributed by atoms with Gasteiger partial charge >= 0.3 is 10.4 Å². The van der Waals surface area contributed by atoms with Gasteiger partial charge in [0.15, 0.2) is 6.29 Å². The van der Waals surface area contributed by atoms with E-state index >= 15 is 0 Å². The molecule has 0 saturated carbocycles. The number of nitrogens with one attached hydrogen (secondary N) is 1. The zero-order chi connectivity index (χ0) is 42.7. The maximum Gasteiger partial charge on any atom is 0.397 e. The lowest BCUT2D eigenvalue weighted by Gasteiger charge is -2.41. The molecule has 1 fully saturated rings. The number of carbonyl (C=O) groups is 1. The second-order valence-electron chi connectivity index (χ2n) is 16.3. The zero-order valence-electron chi connectivity index (χ0n) is 36.4. The molecule has 1 amide bonds. The molecule has 1 heterocycles. The molecule has 342 valence electrons. The van der Waals surface area contributed by atoms with Crippen LogP contribution in [0.15, 0.2) is 24.3 Å². The maximum absolute atomic E-state index is 13.0. The van der Waals surface area contributed by atoms with Crippen molar-refractivity contribution in [3.63, 3.8) is 0 Å². The summed E-state index contributed by atoms with van der Waals surface area (Å²) < 4.78 is 47.5. The Labute approximate surface area is 352 Å². The van der Waals surface area contributed by atoms with Crippen LogP contribution in [0.5, 0.6) is 0 Å². The first kappa shape index (κ1) is 54.6. The summed E-state index contributed by atoms with van der Waals surface area (Å²) in [4.78, 5) is 13.0. The number of amides is 1. The van der Waals surface area contributed by atoms with E-state index in [9.17, 15) is 33.6 Å². The molecule has 12 nitrogen and oxygen atoms in total. The van der Waals surface area contributed by atoms with Gasteiger partial charge in [-0.2, -0.15) is 8.42 Å². The average molecular weight is 848 g/mol. The summed E-state index contributed by atoms with van der Waals surface area (Å²) in [7, 11) is -5.08. The third-order valence-corrected chi connectivity index (χ3v) is 11.4. The molecule has 0 bridgehead atoms. The van der Waals surface area contributed by atoms with Crippen LogP contribution >= 0.6 is 0 Å². The van der Waals surface area contributed by atoms with Gasteiger partial charge in [-0.3, -0.25) is 9.35 Å². The largest absolute Gasteiger partial charge is 0.397 e. The molecule has 1 aliphatic heterocycles. The van der Waals surface area contributed by atoms with Crippen LogP contribution in [0.3, 0.4) is 0 Å². The van der Waals surface area contributed by atoms with Crippen molar-refractivity contribution in [2.75, 3.05) is 13.2 Å². The van der Waals surface area contributed by atoms with E-state index in [1.54, 1.807) is 6.08 Å². The summed E-state index contributed by atoms with van der Waals surface area (Å²) in [6.45, 7) is 3.36. The van der Waals surface area contributed by atoms with Crippen molar-refractivity contribution in [1.29, 1.82) is 0 Å². The number of hydrogen-bond acceptors (Lipinski definition) is 10. The monoisotopic (exact) mass is 848 g/mol. The number of ether oxygens (including phenoxy) is 2. The van der Waals surface area contributed by atoms with E-state index in [0.29, 0.717) is 6.42 Å². The number of rotatable bonds is 39. The van der Waals surface area contributed by atoms with E-state index in [2.05, 4.69) is 35.5 Å². The Kier molecular flexibility index (Phi) is 34.1. The van der Waals surface area contributed by atoms with Crippen molar-refractivity contribution in [3.05, 3.63) is 24.3 Å². The molecular weight excluding hydrogens is 763 g/mol. The first-order valence-electron chi connectivity index (χ1n) is 23.2. The van der Waals surface area contributed by atoms with Crippen LogP contribution in [0.2, 0.25) is 0 Å². The van der Waals surface area contributed by atoms with Crippen molar-refractivity contribution >= 4 is 16.3 Å². The molecule has 0 aromatic heterocycles. The molecule has 0 aromatic carbocycles. The minimum absolute atomic E-state index is 0.265. The minimum Gasteiger partial charge on any atom is -0.394 e. The van der Waals surface area contributed by atoms with Crippen LogP contribution in [0, 0.1) is 0 Å². The molecule has 1 saturated heterocycles. The van der Waals surface area contributed by atoms with Gasteiger partial charge in [0.25, 0.3) is 0 Å². The van der Waals surface area contributed by atoms with Gasteiger partial charge in [0.2, 0.25) is 5.91 Å². The number of allylic oxidation sites excluding steroid dienone is 3. The molecule has 1 aliphatic rings. The summed E-state index contributed by atoms with van der Waals surface area (Å²) in [5.41, 5.74) is 0. The van der Waals surface area contributed by atoms with Gasteiger partial charge in [-0.25, -0.2) is 4.18 Å². The van der Waals surface area contributed by atoms with E-state index in [0.717, 1.165) is 44.9 Å². The Balaban J connectivity index is 2.44. The van der Waals surface area contributed by atoms with Crippen LogP contribution < -0.4 is 5.32 Å². The summed E-state index contributed by atoms with van der Waals surface area (Å²) in [6.07, 6.45) is 32.3. The molecule has 1 rings (SSSR count). The van der Waals surface area contributed by atoms with Crippen LogP contribution in [0.25, 0.3) is 0 Å². The van der Waals surface area contributed by atoms with E-state index in [1.165, 1.54) is 128 Å². The SMILES string of the molecule is CCCCCCCCCC/C=C/C(O)C(COC1OC(CO)C(O)C(OS(=O)(=O)O)C1O)NC(=O)CCCCCCCCC/C=C\CCCCCCCCCCCC. The molecule has 0 aliphatic carbocycles. The molecule has 58 heavy (non-hydrogen) atoms. The molecule has 7 atom stereocenters. The normalized spacial score (nSPS) is 21.3. The Hall–Kier alpha value is -1.42. The summed E-state index contributed by atoms with van der Waals surface area (Å²) in [5.74, 6) is -0.268. The smallest absolute Gasteiger partial charge is 0.394 e. The van der Waals surface area contributed by atoms with Gasteiger partial charge < -0.3 is 35.2 Å². The summed E-state index contributed by atoms with van der Waals surface area (Å²) in [5, 5.41) is 44.6. The Morgan fingerprint density at radius 3 is 1.55 bits per heavy atom. The van der Waals surface area contributed by atoms with Crippen molar-refractivity contribution in [3.8, 4) is 0 Å². The van der Waals surface area contributed by atoms with Gasteiger partial charge in [-0.15, -0.1) is 0 Å². The predicted octanol–water partition coefficient (Wildman–Crippen LogP) is 8.94. The van der Waals surface area contributed by atoms with Crippen molar-refractivity contribution in [1.82, 2.24) is 5.32 Å². The lowest BCUT2D eigenvalue weighted by molar-refractivity contribution is -0.298. The van der Waals surface area contributed by atoms with E-state index in [-0.39, 0.29) is 18.9 Å². The Bertz CT molecular complexity index is 1140. The zero-order valence-corrected chi connectivity index (χ0v) is 37.2. The minimum atomic E-state index is -5.08. The predicted molar refractivity (Wildman–Crippen MR) is 232 cm³/mol. The number of aliphatic hydroxyl groups excluding tert-OH is 4. The fourth-order valence-corrected chi connectivity index (χ4v) is 7.84. The lowest BCUT2D eigenvalue weighted by atomic mass is 9.99. The van der Waals surface area contributed by atoms with Crippen molar-refractivity contribution in [2.24, 2.45) is 0 Å². The maximum atomic E-state index is 13.0. The van der Waals surface area contributed by atoms with Gasteiger partial charge in [-0.1, -0.05) is 173 Å². The standard InChI is InChI=1S/C45H85NO11S/c1-3-5-7-9-11-13-15-16-17-18-19-20-21-22-23-24-25-27-29-31-33-35-41(49)46-38(39(48)34-32-30-28-26-14-12-10-8-6-4-2)37-55-45-43(51)44(57-58(52,53)54)42(50)40(36-47)56-45/h20-21,32,34,38-40,42-45,47-48,50-51H,3-19,22-31,33,35-37H2,1-2H3,(H,46,49)(H,52,53,54)/b21-20-,34-32+. The van der Waals surface area contributed by atoms with Crippen LogP contribution in [0.4, 0.5) is 0 Å². The lowest BCUT2D eigenvalue weighted by Crippen LogP contribution is -2.61. The fourth-order valence-electron chi connectivity index (χ4n) is 7.33. The highest BCUT2D eigenvalue weighted by Crippen LogP contribution is 2.26. The third-order valence-electron chi connectivity index (χ3n) is 11.0. The third kappa shape index (κ3) is 28.9. The second-order valence-corrected chi connectivity index (χ2v) is 17.4. The topological polar surface area (TPSA) is 192 Å². The molecule has 7 unspecified atom stereocenters. The summed E-state index contributed by atoms with van der Waals surface area (Å²) in [6, 6.07) is -0.942. The van der Waals surface area contributed by atoms with E-state index < -0.39 is 59.9 Å². The molecular formula is C45H85NO11S. The highest BCUT2D eigenvalue weighted by molar-refractivity contribution is 7.80. The van der Waals surface area contributed by atoms with Crippen molar-refractivity contribution in [2.45, 2.75) is 243 Å². The Morgan fingerprint density at radius 1 is 0.672 bits per heavy atom. The van der Waals surface area contributed by atoms with Gasteiger partial charge in [0.05, 0.1) is 25.4 Å². The first-order valence-corrected chi connectivity index (χ1v) is 24.6. The van der Waals surface area contributed by atoms with Gasteiger partial charge in [0, 0.05) is 6.42 Å². The number of unbranched alkanes of at least 4 members (excludes halogenated alkanes) is 25.